The van der Waals surface area contributed by atoms with Crippen LogP contribution in [0.15, 0.2) is 9.59 Å². The predicted octanol–water partition coefficient (Wildman–Crippen LogP) is 0.445. The van der Waals surface area contributed by atoms with Crippen LogP contribution in [0.2, 0.25) is 0 Å². The molecule has 3 aliphatic rings. The zero-order valence-corrected chi connectivity index (χ0v) is 18.0. The lowest BCUT2D eigenvalue weighted by Crippen LogP contribution is -2.38. The molecule has 0 spiro atoms. The third-order valence-electron chi connectivity index (χ3n) is 6.78. The number of anilines is 1. The van der Waals surface area contributed by atoms with E-state index < -0.39 is 0 Å². The van der Waals surface area contributed by atoms with E-state index in [9.17, 15) is 9.59 Å². The van der Waals surface area contributed by atoms with Gasteiger partial charge in [-0.3, -0.25) is 19.4 Å². The lowest BCUT2D eigenvalue weighted by molar-refractivity contribution is 0.224. The number of aromatic nitrogens is 4. The van der Waals surface area contributed by atoms with E-state index in [1.807, 2.05) is 0 Å². The van der Waals surface area contributed by atoms with Crippen LogP contribution < -0.4 is 21.6 Å². The highest BCUT2D eigenvalue weighted by Crippen LogP contribution is 2.31. The molecule has 3 fully saturated rings. The van der Waals surface area contributed by atoms with Gasteiger partial charge >= 0.3 is 5.69 Å². The molecule has 0 amide bonds. The second-order valence-electron chi connectivity index (χ2n) is 8.47. The van der Waals surface area contributed by atoms with Gasteiger partial charge in [-0.15, -0.1) is 12.4 Å². The average molecular weight is 424 g/mol. The summed E-state index contributed by atoms with van der Waals surface area (Å²) in [6.45, 7) is 4.69. The van der Waals surface area contributed by atoms with Crippen molar-refractivity contribution in [2.75, 3.05) is 31.1 Å². The van der Waals surface area contributed by atoms with Gasteiger partial charge in [0.1, 0.15) is 0 Å². The van der Waals surface area contributed by atoms with Crippen molar-refractivity contribution in [2.45, 2.75) is 44.7 Å². The van der Waals surface area contributed by atoms with E-state index in [2.05, 4.69) is 19.9 Å². The zero-order valence-electron chi connectivity index (χ0n) is 17.1. The predicted molar refractivity (Wildman–Crippen MR) is 115 cm³/mol. The Kier molecular flexibility index (Phi) is 5.48. The molecule has 2 aromatic heterocycles. The van der Waals surface area contributed by atoms with Crippen LogP contribution >= 0.6 is 12.4 Å². The normalized spacial score (nSPS) is 24.8. The van der Waals surface area contributed by atoms with Crippen molar-refractivity contribution in [2.24, 2.45) is 20.0 Å². The van der Waals surface area contributed by atoms with Crippen molar-refractivity contribution in [1.29, 1.82) is 0 Å². The first-order valence-corrected chi connectivity index (χ1v) is 10.5. The molecule has 10 heteroatoms. The number of imidazole rings is 1. The Hall–Kier alpha value is -1.84. The zero-order chi connectivity index (χ0) is 19.4. The maximum atomic E-state index is 13.1. The number of hydrogen-bond acceptors (Lipinski definition) is 6. The van der Waals surface area contributed by atoms with Gasteiger partial charge < -0.3 is 9.47 Å². The highest BCUT2D eigenvalue weighted by atomic mass is 35.5. The minimum absolute atomic E-state index is 0. The van der Waals surface area contributed by atoms with Crippen LogP contribution in [-0.2, 0) is 20.6 Å². The molecule has 1 N–H and O–H groups in total. The van der Waals surface area contributed by atoms with Crippen LogP contribution in [0.1, 0.15) is 32.1 Å². The van der Waals surface area contributed by atoms with Crippen molar-refractivity contribution >= 4 is 29.5 Å². The minimum atomic E-state index is -0.322. The Morgan fingerprint density at radius 1 is 1.03 bits per heavy atom. The Morgan fingerprint density at radius 2 is 1.79 bits per heavy atom. The summed E-state index contributed by atoms with van der Waals surface area (Å²) in [5, 5.41) is 2.36. The van der Waals surface area contributed by atoms with Gasteiger partial charge in [-0.1, -0.05) is 0 Å². The molecular weight excluding hydrogens is 394 g/mol. The van der Waals surface area contributed by atoms with Gasteiger partial charge in [0.05, 0.1) is 0 Å². The molecule has 5 heterocycles. The molecule has 3 aliphatic heterocycles. The van der Waals surface area contributed by atoms with Gasteiger partial charge in [-0.25, -0.2) is 9.80 Å². The molecule has 2 unspecified atom stereocenters. The Labute approximate surface area is 175 Å². The number of nitrogens with zero attached hydrogens (tertiary/aromatic N) is 6. The van der Waals surface area contributed by atoms with Crippen LogP contribution in [0, 0.1) is 5.92 Å². The van der Waals surface area contributed by atoms with Gasteiger partial charge in [-0.05, 0) is 32.1 Å². The summed E-state index contributed by atoms with van der Waals surface area (Å²) in [7, 11) is 3.26. The number of aryl methyl sites for hydroxylation is 1. The quantitative estimate of drug-likeness (QED) is 0.771. The van der Waals surface area contributed by atoms with E-state index in [0.717, 1.165) is 51.5 Å². The van der Waals surface area contributed by atoms with Crippen LogP contribution in [0.25, 0.3) is 11.2 Å². The standard InChI is InChI=1S/C19H29N7O2.ClH/c1-22-16-15(17(27)23(2)19(22)28)25(18(21-16)24-8-4-3-5-9-24)12-13-11-20-26-10-6-7-14(13)26;/h13-14,20H,3-12H2,1-2H3;1H. The van der Waals surface area contributed by atoms with E-state index in [-0.39, 0.29) is 23.7 Å². The van der Waals surface area contributed by atoms with Crippen molar-refractivity contribution in [3.63, 3.8) is 0 Å². The number of hydrogen-bond donors (Lipinski definition) is 1. The average Bonchev–Trinajstić information content (AvgIpc) is 3.41. The van der Waals surface area contributed by atoms with E-state index in [0.29, 0.717) is 23.1 Å². The number of hydrazine groups is 1. The summed E-state index contributed by atoms with van der Waals surface area (Å²) < 4.78 is 4.82. The molecule has 5 rings (SSSR count). The molecule has 0 aromatic carbocycles. The molecule has 0 bridgehead atoms. The number of nitrogens with one attached hydrogen (secondary N) is 1. The molecule has 0 radical (unpaired) electrons. The highest BCUT2D eigenvalue weighted by molar-refractivity contribution is 5.85. The summed E-state index contributed by atoms with van der Waals surface area (Å²) in [4.78, 5) is 32.6. The summed E-state index contributed by atoms with van der Waals surface area (Å²) in [6.07, 6.45) is 5.93. The smallest absolute Gasteiger partial charge is 0.332 e. The summed E-state index contributed by atoms with van der Waals surface area (Å²) in [5.74, 6) is 1.29. The largest absolute Gasteiger partial charge is 0.342 e. The molecule has 3 saturated heterocycles. The first-order chi connectivity index (χ1) is 13.6. The molecule has 0 saturated carbocycles. The Balaban J connectivity index is 0.00000205. The van der Waals surface area contributed by atoms with Gasteiger partial charge in [-0.2, -0.15) is 4.98 Å². The van der Waals surface area contributed by atoms with Crippen LogP contribution in [0.3, 0.4) is 0 Å². The highest BCUT2D eigenvalue weighted by Gasteiger charge is 2.38. The molecule has 9 nitrogen and oxygen atoms in total. The summed E-state index contributed by atoms with van der Waals surface area (Å²) >= 11 is 0. The monoisotopic (exact) mass is 423 g/mol. The first-order valence-electron chi connectivity index (χ1n) is 10.5. The summed E-state index contributed by atoms with van der Waals surface area (Å²) in [6, 6.07) is 0.517. The lowest BCUT2D eigenvalue weighted by atomic mass is 9.99. The number of rotatable bonds is 3. The van der Waals surface area contributed by atoms with Crippen molar-refractivity contribution in [1.82, 2.24) is 29.1 Å². The van der Waals surface area contributed by atoms with E-state index in [4.69, 9.17) is 4.98 Å². The third kappa shape index (κ3) is 3.19. The minimum Gasteiger partial charge on any atom is -0.342 e. The fraction of sp³-hybridized carbons (Fsp3) is 0.737. The number of fused-ring (bicyclic) bond motifs is 2. The van der Waals surface area contributed by atoms with Crippen LogP contribution in [0.5, 0.6) is 0 Å². The van der Waals surface area contributed by atoms with E-state index in [1.54, 1.807) is 14.1 Å². The topological polar surface area (TPSA) is 80.3 Å². The van der Waals surface area contributed by atoms with Crippen molar-refractivity contribution < 1.29 is 0 Å². The second-order valence-corrected chi connectivity index (χ2v) is 8.47. The molecular formula is C19H30ClN7O2. The van der Waals surface area contributed by atoms with Gasteiger partial charge in [0.15, 0.2) is 11.2 Å². The first kappa shape index (κ1) is 20.4. The Bertz CT molecular complexity index is 1020. The van der Waals surface area contributed by atoms with Gasteiger partial charge in [0.2, 0.25) is 5.95 Å². The molecule has 2 aromatic rings. The fourth-order valence-electron chi connectivity index (χ4n) is 5.21. The Morgan fingerprint density at radius 3 is 2.55 bits per heavy atom. The summed E-state index contributed by atoms with van der Waals surface area (Å²) in [5.41, 5.74) is 4.01. The second kappa shape index (κ2) is 7.77. The van der Waals surface area contributed by atoms with Crippen molar-refractivity contribution in [3.8, 4) is 0 Å². The SMILES string of the molecule is Cl.Cn1c(=O)c2c(nc(N3CCCCC3)n2CC2CNN3CCCC23)n(C)c1=O. The number of halogens is 1. The van der Waals surface area contributed by atoms with E-state index in [1.165, 1.54) is 28.4 Å². The maximum Gasteiger partial charge on any atom is 0.332 e. The fourth-order valence-corrected chi connectivity index (χ4v) is 5.21. The van der Waals surface area contributed by atoms with Crippen molar-refractivity contribution in [3.05, 3.63) is 20.8 Å². The lowest BCUT2D eigenvalue weighted by Gasteiger charge is -2.29. The molecule has 0 aliphatic carbocycles. The number of piperidine rings is 1. The van der Waals surface area contributed by atoms with Gasteiger partial charge in [0, 0.05) is 58.8 Å². The molecule has 160 valence electrons. The van der Waals surface area contributed by atoms with E-state index >= 15 is 0 Å². The van der Waals surface area contributed by atoms with Crippen LogP contribution in [-0.4, -0.2) is 55.9 Å². The molecule has 2 atom stereocenters. The third-order valence-corrected chi connectivity index (χ3v) is 6.78. The maximum absolute atomic E-state index is 13.1. The van der Waals surface area contributed by atoms with Crippen LogP contribution in [0.4, 0.5) is 5.95 Å². The van der Waals surface area contributed by atoms with Gasteiger partial charge in [0.25, 0.3) is 5.56 Å². The molecule has 29 heavy (non-hydrogen) atoms.